The van der Waals surface area contributed by atoms with Crippen molar-refractivity contribution in [3.8, 4) is 0 Å². The molecule has 1 aromatic rings. The molecule has 1 fully saturated rings. The molecule has 0 radical (unpaired) electrons. The number of amides is 1. The van der Waals surface area contributed by atoms with Crippen LogP contribution in [0.25, 0.3) is 0 Å². The zero-order chi connectivity index (χ0) is 11.4. The summed E-state index contributed by atoms with van der Waals surface area (Å²) in [4.78, 5) is 12.4. The molecule has 0 aliphatic heterocycles. The first-order valence-corrected chi connectivity index (χ1v) is 6.47. The van der Waals surface area contributed by atoms with Gasteiger partial charge in [0.15, 0.2) is 0 Å². The predicted octanol–water partition coefficient (Wildman–Crippen LogP) is 1.38. The van der Waals surface area contributed by atoms with Crippen molar-refractivity contribution in [3.05, 3.63) is 30.3 Å². The van der Waals surface area contributed by atoms with Crippen LogP contribution in [0, 0.1) is 0 Å². The van der Waals surface area contributed by atoms with Gasteiger partial charge in [-0.2, -0.15) is 0 Å². The quantitative estimate of drug-likeness (QED) is 0.734. The standard InChI is InChI=1S/C12H16N2OS/c13-12(15)11(14-9-6-7-9)8-16-10-4-2-1-3-5-10/h1-5,9,11,14H,6-8H2,(H2,13,15). The van der Waals surface area contributed by atoms with Crippen LogP contribution in [0.1, 0.15) is 12.8 Å². The van der Waals surface area contributed by atoms with Crippen LogP contribution in [0.3, 0.4) is 0 Å². The van der Waals surface area contributed by atoms with Crippen LogP contribution >= 0.6 is 11.8 Å². The smallest absolute Gasteiger partial charge is 0.235 e. The van der Waals surface area contributed by atoms with E-state index in [1.807, 2.05) is 30.3 Å². The maximum Gasteiger partial charge on any atom is 0.235 e. The first-order chi connectivity index (χ1) is 7.75. The van der Waals surface area contributed by atoms with Crippen molar-refractivity contribution in [3.63, 3.8) is 0 Å². The van der Waals surface area contributed by atoms with Gasteiger partial charge in [-0.05, 0) is 25.0 Å². The van der Waals surface area contributed by atoms with Gasteiger partial charge in [-0.15, -0.1) is 11.8 Å². The average Bonchev–Trinajstić information content (AvgIpc) is 3.09. The van der Waals surface area contributed by atoms with Crippen molar-refractivity contribution in [2.45, 2.75) is 29.8 Å². The van der Waals surface area contributed by atoms with E-state index in [4.69, 9.17) is 5.73 Å². The Balaban J connectivity index is 1.83. The molecule has 0 spiro atoms. The lowest BCUT2D eigenvalue weighted by Gasteiger charge is -2.14. The molecule has 0 saturated heterocycles. The molecule has 1 aliphatic carbocycles. The first-order valence-electron chi connectivity index (χ1n) is 5.49. The number of benzene rings is 1. The molecule has 1 aliphatic rings. The lowest BCUT2D eigenvalue weighted by molar-refractivity contribution is -0.119. The fraction of sp³-hybridized carbons (Fsp3) is 0.417. The van der Waals surface area contributed by atoms with Gasteiger partial charge in [-0.3, -0.25) is 4.79 Å². The molecule has 1 saturated carbocycles. The fourth-order valence-corrected chi connectivity index (χ4v) is 2.41. The van der Waals surface area contributed by atoms with E-state index in [1.165, 1.54) is 17.7 Å². The summed E-state index contributed by atoms with van der Waals surface area (Å²) >= 11 is 1.66. The molecule has 3 N–H and O–H groups in total. The maximum absolute atomic E-state index is 11.2. The van der Waals surface area contributed by atoms with Crippen LogP contribution in [-0.2, 0) is 4.79 Å². The number of rotatable bonds is 6. The van der Waals surface area contributed by atoms with Gasteiger partial charge in [-0.25, -0.2) is 0 Å². The second-order valence-corrected chi connectivity index (χ2v) is 5.11. The third kappa shape index (κ3) is 3.54. The summed E-state index contributed by atoms with van der Waals surface area (Å²) in [5, 5.41) is 3.27. The first kappa shape index (κ1) is 11.5. The molecule has 86 valence electrons. The Morgan fingerprint density at radius 1 is 1.44 bits per heavy atom. The largest absolute Gasteiger partial charge is 0.368 e. The lowest BCUT2D eigenvalue weighted by atomic mass is 10.3. The summed E-state index contributed by atoms with van der Waals surface area (Å²) in [7, 11) is 0. The van der Waals surface area contributed by atoms with Crippen molar-refractivity contribution in [2.75, 3.05) is 5.75 Å². The van der Waals surface area contributed by atoms with Gasteiger partial charge in [0.05, 0.1) is 6.04 Å². The molecule has 1 amide bonds. The van der Waals surface area contributed by atoms with Crippen molar-refractivity contribution < 1.29 is 4.79 Å². The highest BCUT2D eigenvalue weighted by Crippen LogP contribution is 2.22. The van der Waals surface area contributed by atoms with Crippen molar-refractivity contribution >= 4 is 17.7 Å². The summed E-state index contributed by atoms with van der Waals surface area (Å²) in [6, 6.07) is 10.4. The van der Waals surface area contributed by atoms with E-state index in [-0.39, 0.29) is 11.9 Å². The summed E-state index contributed by atoms with van der Waals surface area (Å²) in [6.45, 7) is 0. The molecule has 16 heavy (non-hydrogen) atoms. The van der Waals surface area contributed by atoms with Crippen molar-refractivity contribution in [1.29, 1.82) is 0 Å². The molecule has 1 atom stereocenters. The van der Waals surface area contributed by atoms with Gasteiger partial charge in [0.25, 0.3) is 0 Å². The van der Waals surface area contributed by atoms with E-state index in [2.05, 4.69) is 5.32 Å². The van der Waals surface area contributed by atoms with Gasteiger partial charge in [0.1, 0.15) is 0 Å². The highest BCUT2D eigenvalue weighted by atomic mass is 32.2. The van der Waals surface area contributed by atoms with Gasteiger partial charge < -0.3 is 11.1 Å². The van der Waals surface area contributed by atoms with Gasteiger partial charge in [0, 0.05) is 16.7 Å². The minimum absolute atomic E-state index is 0.210. The fourth-order valence-electron chi connectivity index (χ4n) is 1.44. The Hall–Kier alpha value is -1.00. The Morgan fingerprint density at radius 2 is 2.12 bits per heavy atom. The molecule has 3 nitrogen and oxygen atoms in total. The molecule has 2 rings (SSSR count). The summed E-state index contributed by atoms with van der Waals surface area (Å²) < 4.78 is 0. The summed E-state index contributed by atoms with van der Waals surface area (Å²) in [6.07, 6.45) is 2.33. The summed E-state index contributed by atoms with van der Waals surface area (Å²) in [5.74, 6) is 0.450. The van der Waals surface area contributed by atoms with E-state index < -0.39 is 0 Å². The second kappa shape index (κ2) is 5.37. The SMILES string of the molecule is NC(=O)C(CSc1ccccc1)NC1CC1. The molecular formula is C12H16N2OS. The minimum Gasteiger partial charge on any atom is -0.368 e. The molecule has 1 aromatic carbocycles. The Bertz CT molecular complexity index is 351. The highest BCUT2D eigenvalue weighted by molar-refractivity contribution is 7.99. The Labute approximate surface area is 99.8 Å². The van der Waals surface area contributed by atoms with Crippen LogP contribution in [0.2, 0.25) is 0 Å². The lowest BCUT2D eigenvalue weighted by Crippen LogP contribution is -2.44. The van der Waals surface area contributed by atoms with Gasteiger partial charge >= 0.3 is 0 Å². The number of nitrogens with one attached hydrogen (secondary N) is 1. The minimum atomic E-state index is -0.254. The molecular weight excluding hydrogens is 220 g/mol. The second-order valence-electron chi connectivity index (χ2n) is 4.02. The van der Waals surface area contributed by atoms with E-state index in [1.54, 1.807) is 11.8 Å². The number of hydrogen-bond acceptors (Lipinski definition) is 3. The number of thioether (sulfide) groups is 1. The van der Waals surface area contributed by atoms with E-state index in [0.29, 0.717) is 11.8 Å². The van der Waals surface area contributed by atoms with Gasteiger partial charge in [0.2, 0.25) is 5.91 Å². The zero-order valence-electron chi connectivity index (χ0n) is 9.06. The number of primary amides is 1. The topological polar surface area (TPSA) is 55.1 Å². The third-order valence-corrected chi connectivity index (χ3v) is 3.62. The molecule has 0 heterocycles. The van der Waals surface area contributed by atoms with Crippen LogP contribution in [0.4, 0.5) is 0 Å². The van der Waals surface area contributed by atoms with E-state index in [9.17, 15) is 4.79 Å². The van der Waals surface area contributed by atoms with Crippen molar-refractivity contribution in [1.82, 2.24) is 5.32 Å². The van der Waals surface area contributed by atoms with Gasteiger partial charge in [-0.1, -0.05) is 18.2 Å². The number of carbonyl (C=O) groups is 1. The maximum atomic E-state index is 11.2. The zero-order valence-corrected chi connectivity index (χ0v) is 9.87. The van der Waals surface area contributed by atoms with Crippen LogP contribution in [-0.4, -0.2) is 23.7 Å². The summed E-state index contributed by atoms with van der Waals surface area (Å²) in [5.41, 5.74) is 5.36. The van der Waals surface area contributed by atoms with E-state index >= 15 is 0 Å². The highest BCUT2D eigenvalue weighted by Gasteiger charge is 2.27. The molecule has 0 aromatic heterocycles. The van der Waals surface area contributed by atoms with E-state index in [0.717, 1.165) is 0 Å². The number of hydrogen-bond donors (Lipinski definition) is 2. The van der Waals surface area contributed by atoms with Crippen LogP contribution < -0.4 is 11.1 Å². The Kier molecular flexibility index (Phi) is 3.85. The molecule has 1 unspecified atom stereocenters. The Morgan fingerprint density at radius 3 is 2.69 bits per heavy atom. The monoisotopic (exact) mass is 236 g/mol. The molecule has 0 bridgehead atoms. The third-order valence-electron chi connectivity index (χ3n) is 2.52. The normalized spacial score (nSPS) is 17.0. The number of carbonyl (C=O) groups excluding carboxylic acids is 1. The van der Waals surface area contributed by atoms with Crippen LogP contribution in [0.5, 0.6) is 0 Å². The molecule has 4 heteroatoms. The predicted molar refractivity (Wildman–Crippen MR) is 66.3 cm³/mol. The number of nitrogens with two attached hydrogens (primary N) is 1. The average molecular weight is 236 g/mol. The van der Waals surface area contributed by atoms with Crippen LogP contribution in [0.15, 0.2) is 35.2 Å². The van der Waals surface area contributed by atoms with Crippen molar-refractivity contribution in [2.24, 2.45) is 5.73 Å².